The molecule has 4 rings (SSSR count). The van der Waals surface area contributed by atoms with E-state index in [4.69, 9.17) is 0 Å². The van der Waals surface area contributed by atoms with Gasteiger partial charge >= 0.3 is 0 Å². The minimum Gasteiger partial charge on any atom is -0.344 e. The Labute approximate surface area is 198 Å². The lowest BCUT2D eigenvalue weighted by molar-refractivity contribution is -0.117. The second-order valence-corrected chi connectivity index (χ2v) is 11.0. The van der Waals surface area contributed by atoms with Crippen LogP contribution >= 0.6 is 0 Å². The van der Waals surface area contributed by atoms with Gasteiger partial charge in [0.05, 0.1) is 6.42 Å². The maximum Gasteiger partial charge on any atom is 0.290 e. The van der Waals surface area contributed by atoms with Gasteiger partial charge in [0.2, 0.25) is 0 Å². The number of piperidine rings is 1. The van der Waals surface area contributed by atoms with Gasteiger partial charge in [-0.2, -0.15) is 0 Å². The van der Waals surface area contributed by atoms with E-state index in [0.29, 0.717) is 18.1 Å². The Morgan fingerprint density at radius 2 is 1.79 bits per heavy atom. The normalized spacial score (nSPS) is 28.2. The van der Waals surface area contributed by atoms with Crippen LogP contribution in [0.5, 0.6) is 0 Å². The van der Waals surface area contributed by atoms with E-state index in [9.17, 15) is 9.70 Å². The van der Waals surface area contributed by atoms with Gasteiger partial charge < -0.3 is 4.57 Å². The maximum absolute atomic E-state index is 11.7. The molecule has 0 spiro atoms. The van der Waals surface area contributed by atoms with Gasteiger partial charge in [-0.3, -0.25) is 9.69 Å². The number of carbonyl (C=O) groups excluding carboxylic acids is 1. The fourth-order valence-electron chi connectivity index (χ4n) is 6.59. The number of fused-ring (bicyclic) bond motifs is 1. The van der Waals surface area contributed by atoms with E-state index in [1.165, 1.54) is 57.9 Å². The lowest BCUT2D eigenvalue weighted by Crippen LogP contribution is -2.48. The smallest absolute Gasteiger partial charge is 0.290 e. The first-order chi connectivity index (χ1) is 16.0. The number of carbonyl (C=O) groups is 1. The molecular weight excluding hydrogens is 410 g/mol. The Morgan fingerprint density at radius 3 is 2.52 bits per heavy atom. The predicted octanol–water partition coefficient (Wildman–Crippen LogP) is 6.89. The zero-order valence-corrected chi connectivity index (χ0v) is 20.7. The van der Waals surface area contributed by atoms with Crippen LogP contribution in [0.15, 0.2) is 35.6 Å². The van der Waals surface area contributed by atoms with Crippen LogP contribution in [0.3, 0.4) is 0 Å². The van der Waals surface area contributed by atoms with Crippen LogP contribution in [-0.4, -0.2) is 34.0 Å². The summed E-state index contributed by atoms with van der Waals surface area (Å²) in [6, 6.07) is 9.89. The Balaban J connectivity index is 1.55. The number of likely N-dealkylation sites (tertiary alicyclic amines) is 1. The number of amides is 1. The van der Waals surface area contributed by atoms with Crippen LogP contribution in [-0.2, 0) is 11.2 Å². The fraction of sp³-hybridized carbons (Fsp3) is 0.679. The first-order valence-corrected chi connectivity index (χ1v) is 13.2. The summed E-state index contributed by atoms with van der Waals surface area (Å²) in [5.41, 5.74) is 2.06. The van der Waals surface area contributed by atoms with Gasteiger partial charge in [0.1, 0.15) is 0 Å². The molecule has 0 bridgehead atoms. The number of nitrogens with zero attached hydrogens (tertiary/aromatic N) is 3. The number of hydrogen-bond donors (Lipinski definition) is 0. The number of para-hydroxylation sites is 1. The average molecular weight is 452 g/mol. The molecule has 1 amide bonds. The van der Waals surface area contributed by atoms with Gasteiger partial charge in [0, 0.05) is 40.4 Å². The molecule has 180 valence electrons. The van der Waals surface area contributed by atoms with Crippen LogP contribution in [0.1, 0.15) is 90.2 Å². The minimum absolute atomic E-state index is 0.0805. The first-order valence-electron chi connectivity index (χ1n) is 13.2. The molecule has 5 heteroatoms. The zero-order chi connectivity index (χ0) is 23.4. The highest BCUT2D eigenvalue weighted by molar-refractivity contribution is 5.89. The molecule has 5 atom stereocenters. The molecule has 1 saturated heterocycles. The van der Waals surface area contributed by atoms with Gasteiger partial charge in [-0.05, 0) is 69.0 Å². The Bertz CT molecular complexity index is 940. The molecule has 1 aromatic carbocycles. The summed E-state index contributed by atoms with van der Waals surface area (Å²) >= 11 is 0. The SMILES string of the molecule is C[C@@H]1CCC[C@H](C)C[C@H](N2CCCC[C@H]2C[C@H](C)n2cc(CC(=O)N=O)c3ccccc32)C1. The van der Waals surface area contributed by atoms with Crippen LogP contribution in [0.4, 0.5) is 0 Å². The molecule has 2 heterocycles. The van der Waals surface area contributed by atoms with Gasteiger partial charge in [-0.25, -0.2) is 0 Å². The molecule has 0 unspecified atom stereocenters. The minimum atomic E-state index is -0.600. The van der Waals surface area contributed by atoms with E-state index in [1.54, 1.807) is 0 Å². The van der Waals surface area contributed by atoms with Crippen molar-refractivity contribution in [3.63, 3.8) is 0 Å². The molecule has 2 fully saturated rings. The van der Waals surface area contributed by atoms with Crippen LogP contribution < -0.4 is 0 Å². The summed E-state index contributed by atoms with van der Waals surface area (Å²) < 4.78 is 2.33. The summed E-state index contributed by atoms with van der Waals surface area (Å²) in [4.78, 5) is 25.3. The summed E-state index contributed by atoms with van der Waals surface area (Å²) in [7, 11) is 0. The number of benzene rings is 1. The molecule has 1 saturated carbocycles. The van der Waals surface area contributed by atoms with Crippen molar-refractivity contribution in [1.29, 1.82) is 0 Å². The van der Waals surface area contributed by atoms with Gasteiger partial charge in [-0.15, -0.1) is 4.91 Å². The van der Waals surface area contributed by atoms with E-state index >= 15 is 0 Å². The molecule has 2 aliphatic rings. The largest absolute Gasteiger partial charge is 0.344 e. The standard InChI is InChI=1S/C28H41N3O2/c1-20-9-8-10-21(2)16-25(15-20)30-14-7-6-11-24(30)17-22(3)31-19-23(18-28(32)29-33)26-12-4-5-13-27(26)31/h4-5,12-13,19-22,24-25H,6-11,14-18H2,1-3H3/t20-,21+,22-,24-,25-/m0/s1. The van der Waals surface area contributed by atoms with Crippen molar-refractivity contribution in [2.45, 2.75) is 103 Å². The first kappa shape index (κ1) is 24.1. The van der Waals surface area contributed by atoms with Crippen molar-refractivity contribution in [1.82, 2.24) is 9.47 Å². The fourth-order valence-corrected chi connectivity index (χ4v) is 6.59. The Hall–Kier alpha value is -2.01. The molecule has 0 radical (unpaired) electrons. The average Bonchev–Trinajstić information content (AvgIpc) is 3.16. The maximum atomic E-state index is 11.7. The van der Waals surface area contributed by atoms with Crippen LogP contribution in [0.25, 0.3) is 10.9 Å². The molecule has 1 aliphatic heterocycles. The van der Waals surface area contributed by atoms with Crippen LogP contribution in [0, 0.1) is 16.7 Å². The lowest BCUT2D eigenvalue weighted by atomic mass is 9.82. The van der Waals surface area contributed by atoms with Crippen molar-refractivity contribution >= 4 is 16.8 Å². The topological polar surface area (TPSA) is 54.7 Å². The van der Waals surface area contributed by atoms with Gasteiger partial charge in [0.25, 0.3) is 5.91 Å². The van der Waals surface area contributed by atoms with Crippen molar-refractivity contribution in [2.75, 3.05) is 6.54 Å². The summed E-state index contributed by atoms with van der Waals surface area (Å²) in [6.07, 6.45) is 14.0. The highest BCUT2D eigenvalue weighted by Gasteiger charge is 2.32. The van der Waals surface area contributed by atoms with Gasteiger partial charge in [0.15, 0.2) is 0 Å². The zero-order valence-electron chi connectivity index (χ0n) is 20.7. The van der Waals surface area contributed by atoms with Crippen molar-refractivity contribution in [3.05, 3.63) is 40.9 Å². The summed E-state index contributed by atoms with van der Waals surface area (Å²) in [5, 5.41) is 3.68. The number of aromatic nitrogens is 1. The quantitative estimate of drug-likeness (QED) is 0.449. The molecule has 33 heavy (non-hydrogen) atoms. The third kappa shape index (κ3) is 5.74. The lowest BCUT2D eigenvalue weighted by Gasteiger charge is -2.45. The summed E-state index contributed by atoms with van der Waals surface area (Å²) in [6.45, 7) is 8.45. The third-order valence-electron chi connectivity index (χ3n) is 8.24. The van der Waals surface area contributed by atoms with Crippen LogP contribution in [0.2, 0.25) is 0 Å². The monoisotopic (exact) mass is 451 g/mol. The van der Waals surface area contributed by atoms with E-state index in [1.807, 2.05) is 6.07 Å². The Morgan fingerprint density at radius 1 is 1.06 bits per heavy atom. The van der Waals surface area contributed by atoms with E-state index in [-0.39, 0.29) is 6.42 Å². The van der Waals surface area contributed by atoms with Crippen molar-refractivity contribution < 1.29 is 4.79 Å². The van der Waals surface area contributed by atoms with E-state index in [2.05, 4.69) is 59.8 Å². The molecule has 1 aliphatic carbocycles. The molecule has 1 aromatic heterocycles. The third-order valence-corrected chi connectivity index (χ3v) is 8.24. The molecular formula is C28H41N3O2. The highest BCUT2D eigenvalue weighted by atomic mass is 16.3. The highest BCUT2D eigenvalue weighted by Crippen LogP contribution is 2.35. The van der Waals surface area contributed by atoms with Crippen molar-refractivity contribution in [3.8, 4) is 0 Å². The van der Waals surface area contributed by atoms with E-state index in [0.717, 1.165) is 34.7 Å². The van der Waals surface area contributed by atoms with E-state index < -0.39 is 5.91 Å². The number of rotatable bonds is 6. The molecule has 5 nitrogen and oxygen atoms in total. The number of hydrogen-bond acceptors (Lipinski definition) is 3. The summed E-state index contributed by atoms with van der Waals surface area (Å²) in [5.74, 6) is 1.04. The molecule has 2 aromatic rings. The Kier molecular flexibility index (Phi) is 8.00. The second kappa shape index (κ2) is 10.9. The number of nitroso groups, excluding NO2 is 1. The van der Waals surface area contributed by atoms with Gasteiger partial charge in [-0.1, -0.05) is 57.7 Å². The molecule has 0 N–H and O–H groups in total. The predicted molar refractivity (Wildman–Crippen MR) is 135 cm³/mol. The second-order valence-electron chi connectivity index (χ2n) is 11.0. The van der Waals surface area contributed by atoms with Crippen molar-refractivity contribution in [2.24, 2.45) is 17.0 Å².